The maximum Gasteiger partial charge on any atom is 0.0454 e. The van der Waals surface area contributed by atoms with Crippen molar-refractivity contribution < 1.29 is 0 Å². The molecule has 0 atom stereocenters. The Labute approximate surface area is 87.5 Å². The second kappa shape index (κ2) is 10.0. The third kappa shape index (κ3) is 9.05. The van der Waals surface area contributed by atoms with Gasteiger partial charge in [0, 0.05) is 19.6 Å². The van der Waals surface area contributed by atoms with E-state index in [4.69, 9.17) is 6.42 Å². The Morgan fingerprint density at radius 3 is 2.71 bits per heavy atom. The summed E-state index contributed by atoms with van der Waals surface area (Å²) in [7, 11) is 0. The lowest BCUT2D eigenvalue weighted by molar-refractivity contribution is 0.574. The Morgan fingerprint density at radius 1 is 1.36 bits per heavy atom. The highest BCUT2D eigenvalue weighted by atomic mass is 15.0. The first-order chi connectivity index (χ1) is 6.81. The molecule has 0 aromatic rings. The van der Waals surface area contributed by atoms with E-state index in [9.17, 15) is 0 Å². The van der Waals surface area contributed by atoms with Gasteiger partial charge in [-0.25, -0.2) is 0 Å². The van der Waals surface area contributed by atoms with Gasteiger partial charge in [0.25, 0.3) is 0 Å². The fourth-order valence-corrected chi connectivity index (χ4v) is 0.932. The molecule has 0 aliphatic rings. The zero-order valence-electron chi connectivity index (χ0n) is 8.81. The summed E-state index contributed by atoms with van der Waals surface area (Å²) in [5.74, 6) is 2.61. The normalized spacial score (nSPS) is 9.36. The molecule has 0 amide bonds. The van der Waals surface area contributed by atoms with E-state index in [1.807, 2.05) is 0 Å². The molecule has 2 nitrogen and oxygen atoms in total. The molecule has 0 unspecified atom stereocenters. The number of rotatable bonds is 9. The number of unbranched alkanes of at least 4 members (excludes halogenated alkanes) is 1. The van der Waals surface area contributed by atoms with Crippen molar-refractivity contribution in [1.82, 2.24) is 10.6 Å². The predicted molar refractivity (Wildman–Crippen MR) is 62.9 cm³/mol. The lowest BCUT2D eigenvalue weighted by Crippen LogP contribution is -2.30. The molecule has 0 spiro atoms. The Hall–Kier alpha value is -1.04. The molecule has 0 aliphatic carbocycles. The molecule has 0 radical (unpaired) electrons. The van der Waals surface area contributed by atoms with Gasteiger partial charge >= 0.3 is 0 Å². The van der Waals surface area contributed by atoms with Gasteiger partial charge in [-0.1, -0.05) is 24.8 Å². The standard InChI is InChI=1S/C12H20N2/c1-4-6-7-9-13-11-14-10-8-12(3)5-2/h1,5,13-14H,2-3,6-11H2. The van der Waals surface area contributed by atoms with Crippen molar-refractivity contribution in [2.45, 2.75) is 19.3 Å². The molecule has 0 saturated heterocycles. The van der Waals surface area contributed by atoms with Gasteiger partial charge in [0.2, 0.25) is 0 Å². The van der Waals surface area contributed by atoms with Crippen LogP contribution in [0.15, 0.2) is 24.8 Å². The summed E-state index contributed by atoms with van der Waals surface area (Å²) in [6.45, 7) is 10.2. The zero-order valence-corrected chi connectivity index (χ0v) is 8.81. The second-order valence-electron chi connectivity index (χ2n) is 3.10. The van der Waals surface area contributed by atoms with Gasteiger partial charge in [0.05, 0.1) is 0 Å². The van der Waals surface area contributed by atoms with Crippen LogP contribution in [0.1, 0.15) is 19.3 Å². The first kappa shape index (κ1) is 13.0. The molecule has 0 heterocycles. The van der Waals surface area contributed by atoms with Gasteiger partial charge in [-0.15, -0.1) is 12.3 Å². The molecule has 78 valence electrons. The van der Waals surface area contributed by atoms with Gasteiger partial charge in [0.15, 0.2) is 0 Å². The highest BCUT2D eigenvalue weighted by Gasteiger charge is 1.89. The van der Waals surface area contributed by atoms with Crippen molar-refractivity contribution >= 4 is 0 Å². The summed E-state index contributed by atoms with van der Waals surface area (Å²) >= 11 is 0. The van der Waals surface area contributed by atoms with E-state index in [1.54, 1.807) is 6.08 Å². The van der Waals surface area contributed by atoms with Gasteiger partial charge in [-0.3, -0.25) is 0 Å². The molecule has 0 aromatic heterocycles. The Morgan fingerprint density at radius 2 is 2.07 bits per heavy atom. The Bertz CT molecular complexity index is 201. The molecule has 2 N–H and O–H groups in total. The lowest BCUT2D eigenvalue weighted by Gasteiger charge is -2.05. The molecule has 0 rings (SSSR count). The third-order valence-electron chi connectivity index (χ3n) is 1.84. The summed E-state index contributed by atoms with van der Waals surface area (Å²) in [6, 6.07) is 0. The largest absolute Gasteiger partial charge is 0.304 e. The molecule has 0 saturated carbocycles. The van der Waals surface area contributed by atoms with Crippen molar-refractivity contribution in [3.8, 4) is 12.3 Å². The zero-order chi connectivity index (χ0) is 10.6. The van der Waals surface area contributed by atoms with Crippen LogP contribution in [0, 0.1) is 12.3 Å². The van der Waals surface area contributed by atoms with Crippen LogP contribution in [-0.4, -0.2) is 19.8 Å². The van der Waals surface area contributed by atoms with Crippen LogP contribution in [0.5, 0.6) is 0 Å². The highest BCUT2D eigenvalue weighted by Crippen LogP contribution is 1.94. The van der Waals surface area contributed by atoms with Crippen LogP contribution < -0.4 is 10.6 Å². The monoisotopic (exact) mass is 192 g/mol. The maximum absolute atomic E-state index is 5.13. The van der Waals surface area contributed by atoms with E-state index < -0.39 is 0 Å². The minimum atomic E-state index is 0.828. The SMILES string of the molecule is C#CCCCNCNCCC(=C)C=C. The van der Waals surface area contributed by atoms with Crippen molar-refractivity contribution in [2.24, 2.45) is 0 Å². The van der Waals surface area contributed by atoms with Crippen molar-refractivity contribution in [2.75, 3.05) is 19.8 Å². The number of nitrogens with one attached hydrogen (secondary N) is 2. The van der Waals surface area contributed by atoms with E-state index >= 15 is 0 Å². The molecular weight excluding hydrogens is 172 g/mol. The number of hydrogen-bond acceptors (Lipinski definition) is 2. The topological polar surface area (TPSA) is 24.1 Å². The fourth-order valence-electron chi connectivity index (χ4n) is 0.932. The first-order valence-electron chi connectivity index (χ1n) is 4.96. The van der Waals surface area contributed by atoms with Crippen LogP contribution in [0.4, 0.5) is 0 Å². The van der Waals surface area contributed by atoms with Crippen LogP contribution in [0.25, 0.3) is 0 Å². The minimum absolute atomic E-state index is 0.828. The van der Waals surface area contributed by atoms with Crippen LogP contribution in [0.3, 0.4) is 0 Å². The molecule has 2 heteroatoms. The van der Waals surface area contributed by atoms with Gasteiger partial charge in [0.1, 0.15) is 0 Å². The van der Waals surface area contributed by atoms with Gasteiger partial charge in [-0.2, -0.15) is 0 Å². The van der Waals surface area contributed by atoms with E-state index in [2.05, 4.69) is 29.7 Å². The minimum Gasteiger partial charge on any atom is -0.304 e. The highest BCUT2D eigenvalue weighted by molar-refractivity contribution is 5.10. The number of terminal acetylenes is 1. The summed E-state index contributed by atoms with van der Waals surface area (Å²) < 4.78 is 0. The van der Waals surface area contributed by atoms with Gasteiger partial charge in [-0.05, 0) is 19.4 Å². The van der Waals surface area contributed by atoms with Crippen molar-refractivity contribution in [3.63, 3.8) is 0 Å². The smallest absolute Gasteiger partial charge is 0.0454 e. The average Bonchev–Trinajstić information content (AvgIpc) is 2.21. The third-order valence-corrected chi connectivity index (χ3v) is 1.84. The van der Waals surface area contributed by atoms with E-state index in [0.717, 1.165) is 44.6 Å². The molecule has 0 aromatic carbocycles. The van der Waals surface area contributed by atoms with Gasteiger partial charge < -0.3 is 10.6 Å². The first-order valence-corrected chi connectivity index (χ1v) is 4.96. The average molecular weight is 192 g/mol. The van der Waals surface area contributed by atoms with Crippen LogP contribution in [-0.2, 0) is 0 Å². The maximum atomic E-state index is 5.13. The predicted octanol–water partition coefficient (Wildman–Crippen LogP) is 1.67. The fraction of sp³-hybridized carbons (Fsp3) is 0.500. The summed E-state index contributed by atoms with van der Waals surface area (Å²) in [4.78, 5) is 0. The summed E-state index contributed by atoms with van der Waals surface area (Å²) in [5.41, 5.74) is 1.07. The molecule has 0 fully saturated rings. The number of allylic oxidation sites excluding steroid dienone is 1. The molecule has 0 aliphatic heterocycles. The van der Waals surface area contributed by atoms with Crippen LogP contribution in [0.2, 0.25) is 0 Å². The van der Waals surface area contributed by atoms with Crippen molar-refractivity contribution in [3.05, 3.63) is 24.8 Å². The number of hydrogen-bond donors (Lipinski definition) is 2. The van der Waals surface area contributed by atoms with E-state index in [0.29, 0.717) is 0 Å². The quantitative estimate of drug-likeness (QED) is 0.251. The molecule has 14 heavy (non-hydrogen) atoms. The van der Waals surface area contributed by atoms with Crippen LogP contribution >= 0.6 is 0 Å². The van der Waals surface area contributed by atoms with Crippen molar-refractivity contribution in [1.29, 1.82) is 0 Å². The lowest BCUT2D eigenvalue weighted by atomic mass is 10.2. The second-order valence-corrected chi connectivity index (χ2v) is 3.10. The van der Waals surface area contributed by atoms with E-state index in [-0.39, 0.29) is 0 Å². The summed E-state index contributed by atoms with van der Waals surface area (Å²) in [6.07, 6.45) is 9.76. The summed E-state index contributed by atoms with van der Waals surface area (Å²) in [5, 5.41) is 6.51. The van der Waals surface area contributed by atoms with E-state index in [1.165, 1.54) is 0 Å². The Kier molecular flexibility index (Phi) is 9.30. The molecule has 0 bridgehead atoms. The Balaban J connectivity index is 3.03. The molecular formula is C12H20N2.